The molecule has 0 spiro atoms. The molecule has 0 aliphatic rings. The summed E-state index contributed by atoms with van der Waals surface area (Å²) in [5.41, 5.74) is 3.14. The number of aliphatic hydroxyl groups is 4. The van der Waals surface area contributed by atoms with Crippen molar-refractivity contribution in [1.29, 1.82) is 0 Å². The summed E-state index contributed by atoms with van der Waals surface area (Å²) in [6.45, 7) is -0.195. The van der Waals surface area contributed by atoms with Gasteiger partial charge in [-0.25, -0.2) is 0 Å². The van der Waals surface area contributed by atoms with E-state index in [1.54, 1.807) is 35.7 Å². The summed E-state index contributed by atoms with van der Waals surface area (Å²) in [6.07, 6.45) is 0. The third kappa shape index (κ3) is 6.12. The van der Waals surface area contributed by atoms with Crippen LogP contribution in [0.4, 0.5) is 0 Å². The molecular weight excluding hydrogens is 344 g/mol. The lowest BCUT2D eigenvalue weighted by molar-refractivity contribution is 0.274. The molecule has 0 aliphatic heterocycles. The molecule has 0 unspecified atom stereocenters. The maximum atomic E-state index is 9.26. The minimum Gasteiger partial charge on any atom is -0.392 e. The Morgan fingerprint density at radius 2 is 0.833 bits per heavy atom. The van der Waals surface area contributed by atoms with Crippen LogP contribution >= 0.6 is 23.5 Å². The van der Waals surface area contributed by atoms with Gasteiger partial charge < -0.3 is 20.4 Å². The molecule has 0 amide bonds. The van der Waals surface area contributed by atoms with E-state index in [0.717, 1.165) is 37.1 Å². The fourth-order valence-corrected chi connectivity index (χ4v) is 4.42. The van der Waals surface area contributed by atoms with Gasteiger partial charge >= 0.3 is 0 Å². The highest BCUT2D eigenvalue weighted by Crippen LogP contribution is 2.30. The molecule has 24 heavy (non-hydrogen) atoms. The van der Waals surface area contributed by atoms with E-state index in [2.05, 4.69) is 0 Å². The SMILES string of the molecule is C.OCc1cc(CO)cc(SCSc2cc(CO)cc(CO)c2)c1. The van der Waals surface area contributed by atoms with Crippen LogP contribution in [-0.4, -0.2) is 25.5 Å². The minimum absolute atomic E-state index is 0. The lowest BCUT2D eigenvalue weighted by atomic mass is 10.1. The molecule has 2 aromatic rings. The van der Waals surface area contributed by atoms with Crippen LogP contribution in [0.3, 0.4) is 0 Å². The molecule has 4 N–H and O–H groups in total. The van der Waals surface area contributed by atoms with Crippen molar-refractivity contribution in [3.63, 3.8) is 0 Å². The molecule has 4 nitrogen and oxygen atoms in total. The summed E-state index contributed by atoms with van der Waals surface area (Å²) < 4.78 is 0. The van der Waals surface area contributed by atoms with E-state index in [1.807, 2.05) is 24.3 Å². The Morgan fingerprint density at radius 3 is 1.08 bits per heavy atom. The van der Waals surface area contributed by atoms with Gasteiger partial charge in [0.15, 0.2) is 0 Å². The number of benzene rings is 2. The number of hydrogen-bond acceptors (Lipinski definition) is 6. The van der Waals surface area contributed by atoms with Gasteiger partial charge in [0.2, 0.25) is 0 Å². The molecule has 2 aromatic carbocycles. The predicted octanol–water partition coefficient (Wildman–Crippen LogP) is 3.13. The summed E-state index contributed by atoms with van der Waals surface area (Å²) in [5.74, 6) is 0. The van der Waals surface area contributed by atoms with Crippen molar-refractivity contribution < 1.29 is 20.4 Å². The fraction of sp³-hybridized carbons (Fsp3) is 0.333. The van der Waals surface area contributed by atoms with Crippen LogP contribution in [0.5, 0.6) is 0 Å². The molecule has 0 aromatic heterocycles. The van der Waals surface area contributed by atoms with Crippen LogP contribution in [0.2, 0.25) is 0 Å². The van der Waals surface area contributed by atoms with Crippen molar-refractivity contribution in [2.45, 2.75) is 43.6 Å². The van der Waals surface area contributed by atoms with E-state index >= 15 is 0 Å². The fourth-order valence-electron chi connectivity index (χ4n) is 2.15. The highest BCUT2D eigenvalue weighted by molar-refractivity contribution is 8.16. The summed E-state index contributed by atoms with van der Waals surface area (Å²) in [7, 11) is 0. The quantitative estimate of drug-likeness (QED) is 0.423. The second kappa shape index (κ2) is 10.8. The Labute approximate surface area is 151 Å². The average molecular weight is 369 g/mol. The van der Waals surface area contributed by atoms with Gasteiger partial charge in [0.1, 0.15) is 0 Å². The van der Waals surface area contributed by atoms with Crippen LogP contribution in [0, 0.1) is 0 Å². The number of rotatable bonds is 8. The van der Waals surface area contributed by atoms with Gasteiger partial charge in [-0.2, -0.15) is 0 Å². The van der Waals surface area contributed by atoms with E-state index in [-0.39, 0.29) is 33.9 Å². The van der Waals surface area contributed by atoms with Crippen molar-refractivity contribution in [3.8, 4) is 0 Å². The zero-order valence-electron chi connectivity index (χ0n) is 12.6. The van der Waals surface area contributed by atoms with Crippen molar-refractivity contribution in [2.24, 2.45) is 0 Å². The summed E-state index contributed by atoms with van der Waals surface area (Å²) in [5, 5.41) is 37.8. The minimum atomic E-state index is -0.0487. The summed E-state index contributed by atoms with van der Waals surface area (Å²) in [4.78, 5) is 1.99. The Kier molecular flexibility index (Phi) is 9.43. The highest BCUT2D eigenvalue weighted by Gasteiger charge is 2.04. The maximum Gasteiger partial charge on any atom is 0.0682 e. The Bertz CT molecular complexity index is 547. The smallest absolute Gasteiger partial charge is 0.0682 e. The lowest BCUT2D eigenvalue weighted by Gasteiger charge is -2.09. The molecule has 0 atom stereocenters. The second-order valence-electron chi connectivity index (χ2n) is 5.01. The molecule has 0 radical (unpaired) electrons. The number of thioether (sulfide) groups is 2. The van der Waals surface area contributed by atoms with E-state index < -0.39 is 0 Å². The Balaban J connectivity index is 0.00000288. The molecular formula is C18H24O4S2. The monoisotopic (exact) mass is 368 g/mol. The van der Waals surface area contributed by atoms with Gasteiger partial charge in [0.25, 0.3) is 0 Å². The maximum absolute atomic E-state index is 9.26. The third-order valence-electron chi connectivity index (χ3n) is 3.23. The number of aliphatic hydroxyl groups excluding tert-OH is 4. The summed E-state index contributed by atoms with van der Waals surface area (Å²) in [6, 6.07) is 11.2. The normalized spacial score (nSPS) is 10.5. The first kappa shape index (κ1) is 21.0. The zero-order valence-corrected chi connectivity index (χ0v) is 14.2. The molecule has 0 heterocycles. The molecule has 6 heteroatoms. The first-order valence-corrected chi connectivity index (χ1v) is 9.10. The highest BCUT2D eigenvalue weighted by atomic mass is 32.2. The summed E-state index contributed by atoms with van der Waals surface area (Å²) >= 11 is 3.23. The molecule has 132 valence electrons. The van der Waals surface area contributed by atoms with Crippen molar-refractivity contribution >= 4 is 23.5 Å². The number of hydrogen-bond donors (Lipinski definition) is 4. The average Bonchev–Trinajstić information content (AvgIpc) is 2.60. The first-order chi connectivity index (χ1) is 11.2. The van der Waals surface area contributed by atoms with E-state index in [1.165, 1.54) is 0 Å². The largest absolute Gasteiger partial charge is 0.392 e. The van der Waals surface area contributed by atoms with E-state index in [4.69, 9.17) is 0 Å². The van der Waals surface area contributed by atoms with Crippen LogP contribution in [0.15, 0.2) is 46.2 Å². The second-order valence-corrected chi connectivity index (χ2v) is 7.47. The molecule has 0 bridgehead atoms. The van der Waals surface area contributed by atoms with E-state index in [0.29, 0.717) is 0 Å². The van der Waals surface area contributed by atoms with Crippen LogP contribution in [0.25, 0.3) is 0 Å². The van der Waals surface area contributed by atoms with Crippen LogP contribution in [0.1, 0.15) is 29.7 Å². The van der Waals surface area contributed by atoms with Gasteiger partial charge in [-0.3, -0.25) is 0 Å². The zero-order chi connectivity index (χ0) is 16.7. The molecule has 0 aliphatic carbocycles. The molecule has 0 fully saturated rings. The van der Waals surface area contributed by atoms with Crippen LogP contribution < -0.4 is 0 Å². The van der Waals surface area contributed by atoms with Gasteiger partial charge in [-0.15, -0.1) is 23.5 Å². The van der Waals surface area contributed by atoms with Gasteiger partial charge in [0.05, 0.1) is 26.4 Å². The van der Waals surface area contributed by atoms with E-state index in [9.17, 15) is 20.4 Å². The van der Waals surface area contributed by atoms with Gasteiger partial charge in [-0.05, 0) is 46.5 Å². The standard InChI is InChI=1S/C17H20O4S2.CH4/c18-7-12-1-13(8-19)4-16(3-12)22-11-23-17-5-14(9-20)2-15(6-17)10-21;/h1-6,18-21H,7-11H2;1H4. The van der Waals surface area contributed by atoms with Crippen molar-refractivity contribution in [3.05, 3.63) is 58.7 Å². The van der Waals surface area contributed by atoms with Gasteiger partial charge in [-0.1, -0.05) is 19.6 Å². The predicted molar refractivity (Wildman–Crippen MR) is 99.9 cm³/mol. The van der Waals surface area contributed by atoms with Crippen molar-refractivity contribution in [2.75, 3.05) is 5.08 Å². The lowest BCUT2D eigenvalue weighted by Crippen LogP contribution is -1.91. The third-order valence-corrected chi connectivity index (χ3v) is 5.31. The Hall–Kier alpha value is -1.02. The molecule has 0 saturated carbocycles. The first-order valence-electron chi connectivity index (χ1n) is 7.13. The Morgan fingerprint density at radius 1 is 0.542 bits per heavy atom. The van der Waals surface area contributed by atoms with Gasteiger partial charge in [0, 0.05) is 14.9 Å². The van der Waals surface area contributed by atoms with Crippen molar-refractivity contribution in [1.82, 2.24) is 0 Å². The molecule has 2 rings (SSSR count). The van der Waals surface area contributed by atoms with Crippen LogP contribution in [-0.2, 0) is 26.4 Å². The topological polar surface area (TPSA) is 80.9 Å². The molecule has 0 saturated heterocycles.